The Bertz CT molecular complexity index is 412. The van der Waals surface area contributed by atoms with Crippen LogP contribution in [0.4, 0.5) is 0 Å². The Hall–Kier alpha value is -0.420. The van der Waals surface area contributed by atoms with Crippen LogP contribution >= 0.6 is 0 Å². The number of piperidine rings is 1. The Morgan fingerprint density at radius 2 is 1.84 bits per heavy atom. The third-order valence-corrected chi connectivity index (χ3v) is 6.27. The molecule has 1 aliphatic carbocycles. The van der Waals surface area contributed by atoms with Crippen LogP contribution in [-0.2, 0) is 14.6 Å². The average Bonchev–Trinajstić information content (AvgIpc) is 2.39. The second-order valence-corrected chi connectivity index (χ2v) is 8.50. The van der Waals surface area contributed by atoms with Gasteiger partial charge in [0.25, 0.3) is 0 Å². The Kier molecular flexibility index (Phi) is 5.01. The van der Waals surface area contributed by atoms with Crippen LogP contribution in [-0.4, -0.2) is 38.8 Å². The van der Waals surface area contributed by atoms with Gasteiger partial charge < -0.3 is 5.32 Å². The minimum absolute atomic E-state index is 0.0108. The van der Waals surface area contributed by atoms with Gasteiger partial charge in [-0.25, -0.2) is 8.42 Å². The standard InChI is InChI=1S/C14H25NO3S/c1-19(17,18)13-4-2-3-12(10-13)14(16)9-11-5-7-15-8-6-11/h11-13,15H,2-10H2,1H3. The van der Waals surface area contributed by atoms with E-state index in [0.717, 1.165) is 45.2 Å². The summed E-state index contributed by atoms with van der Waals surface area (Å²) in [6.07, 6.45) is 7.16. The lowest BCUT2D eigenvalue weighted by Gasteiger charge is -2.29. The molecule has 2 unspecified atom stereocenters. The molecule has 0 radical (unpaired) electrons. The fourth-order valence-electron chi connectivity index (χ4n) is 3.36. The van der Waals surface area contributed by atoms with Gasteiger partial charge in [-0.15, -0.1) is 0 Å². The van der Waals surface area contributed by atoms with E-state index in [2.05, 4.69) is 5.32 Å². The van der Waals surface area contributed by atoms with Crippen molar-refractivity contribution >= 4 is 15.6 Å². The molecule has 2 aliphatic rings. The summed E-state index contributed by atoms with van der Waals surface area (Å²) in [6.45, 7) is 2.02. The van der Waals surface area contributed by atoms with Gasteiger partial charge in [0.1, 0.15) is 15.6 Å². The highest BCUT2D eigenvalue weighted by molar-refractivity contribution is 7.91. The topological polar surface area (TPSA) is 63.2 Å². The zero-order valence-electron chi connectivity index (χ0n) is 11.7. The van der Waals surface area contributed by atoms with Crippen molar-refractivity contribution in [2.75, 3.05) is 19.3 Å². The summed E-state index contributed by atoms with van der Waals surface area (Å²) in [5.74, 6) is 0.802. The van der Waals surface area contributed by atoms with Gasteiger partial charge in [0.05, 0.1) is 5.25 Å². The molecule has 1 N–H and O–H groups in total. The molecule has 0 aromatic heterocycles. The van der Waals surface area contributed by atoms with E-state index in [1.54, 1.807) is 0 Å². The van der Waals surface area contributed by atoms with Crippen molar-refractivity contribution in [1.82, 2.24) is 5.32 Å². The van der Waals surface area contributed by atoms with Gasteiger partial charge in [0, 0.05) is 18.6 Å². The fraction of sp³-hybridized carbons (Fsp3) is 0.929. The van der Waals surface area contributed by atoms with Crippen LogP contribution in [0.3, 0.4) is 0 Å². The number of carbonyl (C=O) groups is 1. The molecule has 2 fully saturated rings. The molecule has 110 valence electrons. The molecule has 0 spiro atoms. The first-order chi connectivity index (χ1) is 8.97. The van der Waals surface area contributed by atoms with E-state index in [1.807, 2.05) is 0 Å². The maximum Gasteiger partial charge on any atom is 0.150 e. The van der Waals surface area contributed by atoms with Crippen molar-refractivity contribution in [3.63, 3.8) is 0 Å². The summed E-state index contributed by atoms with van der Waals surface area (Å²) in [4.78, 5) is 12.3. The van der Waals surface area contributed by atoms with Crippen molar-refractivity contribution in [2.45, 2.75) is 50.2 Å². The Balaban J connectivity index is 1.88. The number of rotatable bonds is 4. The summed E-state index contributed by atoms with van der Waals surface area (Å²) in [6, 6.07) is 0. The van der Waals surface area contributed by atoms with Crippen LogP contribution < -0.4 is 5.32 Å². The predicted molar refractivity (Wildman–Crippen MR) is 75.8 cm³/mol. The van der Waals surface area contributed by atoms with Gasteiger partial charge in [0.2, 0.25) is 0 Å². The Labute approximate surface area is 116 Å². The second-order valence-electron chi connectivity index (χ2n) is 6.18. The number of ketones is 1. The lowest BCUT2D eigenvalue weighted by molar-refractivity contribution is -0.124. The number of hydrogen-bond donors (Lipinski definition) is 1. The maximum absolute atomic E-state index is 12.3. The number of sulfone groups is 1. The van der Waals surface area contributed by atoms with E-state index in [-0.39, 0.29) is 11.2 Å². The van der Waals surface area contributed by atoms with Gasteiger partial charge in [-0.2, -0.15) is 0 Å². The van der Waals surface area contributed by atoms with E-state index in [0.29, 0.717) is 24.5 Å². The molecule has 1 saturated carbocycles. The van der Waals surface area contributed by atoms with Gasteiger partial charge >= 0.3 is 0 Å². The molecule has 2 atom stereocenters. The minimum atomic E-state index is -2.99. The van der Waals surface area contributed by atoms with E-state index in [1.165, 1.54) is 6.26 Å². The van der Waals surface area contributed by atoms with Gasteiger partial charge in [-0.3, -0.25) is 4.79 Å². The summed E-state index contributed by atoms with van der Waals surface area (Å²) in [5, 5.41) is 3.02. The number of Topliss-reactive ketones (excluding diaryl/α,β-unsaturated/α-hetero) is 1. The summed E-state index contributed by atoms with van der Waals surface area (Å²) >= 11 is 0. The molecule has 19 heavy (non-hydrogen) atoms. The fourth-order valence-corrected chi connectivity index (χ4v) is 4.54. The van der Waals surface area contributed by atoms with Crippen molar-refractivity contribution in [1.29, 1.82) is 0 Å². The molecule has 0 amide bonds. The quantitative estimate of drug-likeness (QED) is 0.852. The Morgan fingerprint density at radius 3 is 2.47 bits per heavy atom. The third-order valence-electron chi connectivity index (χ3n) is 4.64. The SMILES string of the molecule is CS(=O)(=O)C1CCCC(C(=O)CC2CCNCC2)C1. The molecule has 5 heteroatoms. The van der Waals surface area contributed by atoms with Crippen LogP contribution in [0, 0.1) is 11.8 Å². The van der Waals surface area contributed by atoms with Crippen LogP contribution in [0.15, 0.2) is 0 Å². The van der Waals surface area contributed by atoms with Crippen molar-refractivity contribution < 1.29 is 13.2 Å². The predicted octanol–water partition coefficient (Wildman–Crippen LogP) is 1.55. The summed E-state index contributed by atoms with van der Waals surface area (Å²) in [5.41, 5.74) is 0. The molecular weight excluding hydrogens is 262 g/mol. The maximum atomic E-state index is 12.3. The van der Waals surface area contributed by atoms with Crippen LogP contribution in [0.1, 0.15) is 44.9 Å². The lowest BCUT2D eigenvalue weighted by atomic mass is 9.81. The molecule has 2 rings (SSSR count). The molecule has 1 heterocycles. The molecule has 1 saturated heterocycles. The molecule has 0 aromatic rings. The third kappa shape index (κ3) is 4.28. The van der Waals surface area contributed by atoms with Crippen molar-refractivity contribution in [3.05, 3.63) is 0 Å². The van der Waals surface area contributed by atoms with E-state index in [9.17, 15) is 13.2 Å². The van der Waals surface area contributed by atoms with Crippen molar-refractivity contribution in [3.8, 4) is 0 Å². The van der Waals surface area contributed by atoms with E-state index in [4.69, 9.17) is 0 Å². The lowest BCUT2D eigenvalue weighted by Crippen LogP contribution is -2.33. The minimum Gasteiger partial charge on any atom is -0.317 e. The van der Waals surface area contributed by atoms with Crippen molar-refractivity contribution in [2.24, 2.45) is 11.8 Å². The van der Waals surface area contributed by atoms with Crippen LogP contribution in [0.2, 0.25) is 0 Å². The monoisotopic (exact) mass is 287 g/mol. The van der Waals surface area contributed by atoms with Crippen LogP contribution in [0.5, 0.6) is 0 Å². The molecule has 4 nitrogen and oxygen atoms in total. The average molecular weight is 287 g/mol. The van der Waals surface area contributed by atoms with Crippen LogP contribution in [0.25, 0.3) is 0 Å². The second kappa shape index (κ2) is 6.35. The summed E-state index contributed by atoms with van der Waals surface area (Å²) in [7, 11) is -2.99. The Morgan fingerprint density at radius 1 is 1.16 bits per heavy atom. The first-order valence-electron chi connectivity index (χ1n) is 7.39. The van der Waals surface area contributed by atoms with Gasteiger partial charge in [-0.05, 0) is 51.1 Å². The molecular formula is C14H25NO3S. The molecule has 0 bridgehead atoms. The highest BCUT2D eigenvalue weighted by Gasteiger charge is 2.33. The first kappa shape index (κ1) is 15.0. The first-order valence-corrected chi connectivity index (χ1v) is 9.34. The molecule has 0 aromatic carbocycles. The van der Waals surface area contributed by atoms with E-state index < -0.39 is 9.84 Å². The smallest absolute Gasteiger partial charge is 0.150 e. The van der Waals surface area contributed by atoms with Gasteiger partial charge in [0.15, 0.2) is 0 Å². The highest BCUT2D eigenvalue weighted by Crippen LogP contribution is 2.31. The summed E-state index contributed by atoms with van der Waals surface area (Å²) < 4.78 is 23.2. The number of nitrogens with one attached hydrogen (secondary N) is 1. The number of carbonyl (C=O) groups excluding carboxylic acids is 1. The zero-order chi connectivity index (χ0) is 13.9. The van der Waals surface area contributed by atoms with E-state index >= 15 is 0 Å². The number of hydrogen-bond acceptors (Lipinski definition) is 4. The zero-order valence-corrected chi connectivity index (χ0v) is 12.5. The largest absolute Gasteiger partial charge is 0.317 e. The highest BCUT2D eigenvalue weighted by atomic mass is 32.2. The normalized spacial score (nSPS) is 30.2. The van der Waals surface area contributed by atoms with Gasteiger partial charge in [-0.1, -0.05) is 6.42 Å². The molecule has 1 aliphatic heterocycles.